The van der Waals surface area contributed by atoms with E-state index in [1.165, 1.54) is 30.4 Å². The Morgan fingerprint density at radius 3 is 2.67 bits per heavy atom. The van der Waals surface area contributed by atoms with E-state index in [9.17, 15) is 0 Å². The molecule has 0 aliphatic heterocycles. The zero-order valence-electron chi connectivity index (χ0n) is 10.2. The third-order valence-electron chi connectivity index (χ3n) is 3.19. The van der Waals surface area contributed by atoms with Crippen LogP contribution in [-0.4, -0.2) is 10.9 Å². The second-order valence-corrected chi connectivity index (χ2v) is 5.01. The summed E-state index contributed by atoms with van der Waals surface area (Å²) in [6, 6.07) is 0. The van der Waals surface area contributed by atoms with Crippen LogP contribution < -0.4 is 0 Å². The van der Waals surface area contributed by atoms with E-state index in [1.807, 2.05) is 6.08 Å². The lowest BCUT2D eigenvalue weighted by Crippen LogP contribution is -2.19. The highest BCUT2D eigenvalue weighted by atomic mass is 16.4. The quantitative estimate of drug-likeness (QED) is 0.415. The topological polar surface area (TPSA) is 32.6 Å². The summed E-state index contributed by atoms with van der Waals surface area (Å²) in [5, 5.41) is 11.7. The molecule has 0 unspecified atom stereocenters. The molecule has 1 aliphatic carbocycles. The van der Waals surface area contributed by atoms with Gasteiger partial charge in [0.25, 0.3) is 0 Å². The minimum Gasteiger partial charge on any atom is -0.411 e. The summed E-state index contributed by atoms with van der Waals surface area (Å²) in [5.74, 6) is 0. The van der Waals surface area contributed by atoms with E-state index in [0.29, 0.717) is 5.71 Å². The molecule has 0 aromatic rings. The zero-order chi connectivity index (χ0) is 11.5. The van der Waals surface area contributed by atoms with Crippen molar-refractivity contribution >= 4 is 5.71 Å². The SMILES string of the molecule is CC1=C(/C=C/C(C)=N/O)C(C)(C)CCC1. The molecule has 0 heterocycles. The Kier molecular flexibility index (Phi) is 3.72. The Bertz CT molecular complexity index is 321. The Morgan fingerprint density at radius 2 is 2.13 bits per heavy atom. The Labute approximate surface area is 92.4 Å². The van der Waals surface area contributed by atoms with Gasteiger partial charge in [0.1, 0.15) is 0 Å². The summed E-state index contributed by atoms with van der Waals surface area (Å²) < 4.78 is 0. The van der Waals surface area contributed by atoms with Crippen LogP contribution in [0.25, 0.3) is 0 Å². The Morgan fingerprint density at radius 1 is 1.47 bits per heavy atom. The minimum atomic E-state index is 0.259. The fraction of sp³-hybridized carbons (Fsp3) is 0.615. The molecule has 0 aromatic heterocycles. The van der Waals surface area contributed by atoms with Gasteiger partial charge in [-0.05, 0) is 50.2 Å². The average Bonchev–Trinajstić information content (AvgIpc) is 2.15. The van der Waals surface area contributed by atoms with Crippen molar-refractivity contribution in [2.75, 3.05) is 0 Å². The fourth-order valence-electron chi connectivity index (χ4n) is 2.25. The molecule has 0 atom stereocenters. The van der Waals surface area contributed by atoms with Crippen LogP contribution in [0.3, 0.4) is 0 Å². The molecule has 0 radical (unpaired) electrons. The molecule has 0 fully saturated rings. The number of hydrogen-bond donors (Lipinski definition) is 1. The molecular weight excluding hydrogens is 186 g/mol. The molecule has 0 saturated carbocycles. The molecule has 2 heteroatoms. The highest BCUT2D eigenvalue weighted by Gasteiger charge is 2.26. The van der Waals surface area contributed by atoms with Crippen molar-refractivity contribution in [1.82, 2.24) is 0 Å². The number of nitrogens with zero attached hydrogens (tertiary/aromatic N) is 1. The van der Waals surface area contributed by atoms with E-state index in [-0.39, 0.29) is 5.41 Å². The first-order valence-corrected chi connectivity index (χ1v) is 5.54. The lowest BCUT2D eigenvalue weighted by molar-refractivity contribution is 0.319. The molecule has 15 heavy (non-hydrogen) atoms. The molecule has 1 aliphatic rings. The maximum atomic E-state index is 8.58. The molecule has 84 valence electrons. The van der Waals surface area contributed by atoms with E-state index < -0.39 is 0 Å². The molecule has 0 aromatic carbocycles. The maximum absolute atomic E-state index is 8.58. The fourth-order valence-corrected chi connectivity index (χ4v) is 2.25. The molecule has 0 amide bonds. The van der Waals surface area contributed by atoms with E-state index in [1.54, 1.807) is 6.92 Å². The van der Waals surface area contributed by atoms with Crippen molar-refractivity contribution in [2.45, 2.75) is 47.0 Å². The summed E-state index contributed by atoms with van der Waals surface area (Å²) in [7, 11) is 0. The van der Waals surface area contributed by atoms with Gasteiger partial charge in [-0.2, -0.15) is 0 Å². The van der Waals surface area contributed by atoms with Gasteiger partial charge >= 0.3 is 0 Å². The third-order valence-corrected chi connectivity index (χ3v) is 3.19. The van der Waals surface area contributed by atoms with E-state index >= 15 is 0 Å². The van der Waals surface area contributed by atoms with Crippen LogP contribution in [0.15, 0.2) is 28.5 Å². The largest absolute Gasteiger partial charge is 0.411 e. The molecule has 1 rings (SSSR count). The number of rotatable bonds is 2. The summed E-state index contributed by atoms with van der Waals surface area (Å²) in [5.41, 5.74) is 3.77. The van der Waals surface area contributed by atoms with Crippen molar-refractivity contribution in [3.63, 3.8) is 0 Å². The van der Waals surface area contributed by atoms with Gasteiger partial charge in [-0.3, -0.25) is 0 Å². The summed E-state index contributed by atoms with van der Waals surface area (Å²) >= 11 is 0. The van der Waals surface area contributed by atoms with Crippen LogP contribution in [0.1, 0.15) is 47.0 Å². The first kappa shape index (κ1) is 12.0. The number of oxime groups is 1. The van der Waals surface area contributed by atoms with Gasteiger partial charge in [-0.1, -0.05) is 30.7 Å². The second-order valence-electron chi connectivity index (χ2n) is 5.01. The Balaban J connectivity index is 2.95. The lowest BCUT2D eigenvalue weighted by Gasteiger charge is -2.32. The lowest BCUT2D eigenvalue weighted by atomic mass is 9.72. The van der Waals surface area contributed by atoms with Crippen LogP contribution in [0.5, 0.6) is 0 Å². The standard InChI is InChI=1S/C13H21NO/c1-10-6-5-9-13(3,4)12(10)8-7-11(2)14-15/h7-8,15H,5-6,9H2,1-4H3/b8-7+,14-11+. The van der Waals surface area contributed by atoms with Crippen molar-refractivity contribution in [3.8, 4) is 0 Å². The van der Waals surface area contributed by atoms with Crippen LogP contribution in [0.2, 0.25) is 0 Å². The first-order valence-electron chi connectivity index (χ1n) is 5.54. The van der Waals surface area contributed by atoms with Gasteiger partial charge in [0.2, 0.25) is 0 Å². The van der Waals surface area contributed by atoms with Crippen LogP contribution >= 0.6 is 0 Å². The Hall–Kier alpha value is -1.05. The summed E-state index contributed by atoms with van der Waals surface area (Å²) in [6.45, 7) is 8.55. The van der Waals surface area contributed by atoms with Gasteiger partial charge in [-0.25, -0.2) is 0 Å². The predicted molar refractivity (Wildman–Crippen MR) is 64.4 cm³/mol. The van der Waals surface area contributed by atoms with Crippen molar-refractivity contribution < 1.29 is 5.21 Å². The number of hydrogen-bond acceptors (Lipinski definition) is 2. The van der Waals surface area contributed by atoms with E-state index in [0.717, 1.165) is 0 Å². The summed E-state index contributed by atoms with van der Waals surface area (Å²) in [6.07, 6.45) is 7.69. The highest BCUT2D eigenvalue weighted by molar-refractivity contribution is 5.92. The maximum Gasteiger partial charge on any atom is 0.0764 e. The van der Waals surface area contributed by atoms with Gasteiger partial charge in [0, 0.05) is 0 Å². The average molecular weight is 207 g/mol. The molecule has 1 N–H and O–H groups in total. The molecule has 0 bridgehead atoms. The van der Waals surface area contributed by atoms with Crippen molar-refractivity contribution in [2.24, 2.45) is 10.6 Å². The monoisotopic (exact) mass is 207 g/mol. The minimum absolute atomic E-state index is 0.259. The van der Waals surface area contributed by atoms with E-state index in [2.05, 4.69) is 32.0 Å². The molecule has 0 spiro atoms. The van der Waals surface area contributed by atoms with Gasteiger partial charge in [0.05, 0.1) is 5.71 Å². The van der Waals surface area contributed by atoms with E-state index in [4.69, 9.17) is 5.21 Å². The van der Waals surface area contributed by atoms with Gasteiger partial charge < -0.3 is 5.21 Å². The van der Waals surface area contributed by atoms with Crippen LogP contribution in [0.4, 0.5) is 0 Å². The normalized spacial score (nSPS) is 22.5. The summed E-state index contributed by atoms with van der Waals surface area (Å²) in [4.78, 5) is 0. The van der Waals surface area contributed by atoms with Gasteiger partial charge in [-0.15, -0.1) is 0 Å². The smallest absolute Gasteiger partial charge is 0.0764 e. The predicted octanol–water partition coefficient (Wildman–Crippen LogP) is 3.92. The van der Waals surface area contributed by atoms with Crippen molar-refractivity contribution in [1.29, 1.82) is 0 Å². The van der Waals surface area contributed by atoms with Crippen molar-refractivity contribution in [3.05, 3.63) is 23.3 Å². The zero-order valence-corrected chi connectivity index (χ0v) is 10.2. The highest BCUT2D eigenvalue weighted by Crippen LogP contribution is 2.40. The van der Waals surface area contributed by atoms with Gasteiger partial charge in [0.15, 0.2) is 0 Å². The second kappa shape index (κ2) is 4.65. The first-order chi connectivity index (χ1) is 6.97. The molecular formula is C13H21NO. The molecule has 0 saturated heterocycles. The van der Waals surface area contributed by atoms with Crippen LogP contribution in [-0.2, 0) is 0 Å². The third kappa shape index (κ3) is 2.95. The number of allylic oxidation sites excluding steroid dienone is 4. The molecule has 2 nitrogen and oxygen atoms in total. The van der Waals surface area contributed by atoms with Crippen LogP contribution in [0, 0.1) is 5.41 Å².